The van der Waals surface area contributed by atoms with Gasteiger partial charge in [-0.05, 0) is 37.8 Å². The molecule has 3 heterocycles. The van der Waals surface area contributed by atoms with Gasteiger partial charge in [0.2, 0.25) is 10.0 Å². The third-order valence-electron chi connectivity index (χ3n) is 5.59. The zero-order valence-corrected chi connectivity index (χ0v) is 17.5. The SMILES string of the molecule is CS(=O)(=O)N1CCCC(N(CCNC(=O)c2ncccc2F)C2CCOCC2)C1. The van der Waals surface area contributed by atoms with Crippen molar-refractivity contribution in [1.82, 2.24) is 19.5 Å². The number of carbonyl (C=O) groups is 1. The summed E-state index contributed by atoms with van der Waals surface area (Å²) < 4.78 is 44.8. The maximum Gasteiger partial charge on any atom is 0.272 e. The third-order valence-corrected chi connectivity index (χ3v) is 6.86. The van der Waals surface area contributed by atoms with E-state index in [2.05, 4.69) is 15.2 Å². The van der Waals surface area contributed by atoms with Gasteiger partial charge in [0.15, 0.2) is 11.5 Å². The zero-order chi connectivity index (χ0) is 20.9. The number of amides is 1. The monoisotopic (exact) mass is 428 g/mol. The second-order valence-electron chi connectivity index (χ2n) is 7.59. The molecule has 1 aromatic heterocycles. The molecular weight excluding hydrogens is 399 g/mol. The van der Waals surface area contributed by atoms with Crippen molar-refractivity contribution in [2.45, 2.75) is 37.8 Å². The van der Waals surface area contributed by atoms with Gasteiger partial charge in [-0.2, -0.15) is 0 Å². The number of pyridine rings is 1. The Kier molecular flexibility index (Phi) is 7.55. The summed E-state index contributed by atoms with van der Waals surface area (Å²) in [4.78, 5) is 18.3. The highest BCUT2D eigenvalue weighted by molar-refractivity contribution is 7.88. The summed E-state index contributed by atoms with van der Waals surface area (Å²) in [6, 6.07) is 3.01. The van der Waals surface area contributed by atoms with E-state index in [1.54, 1.807) is 0 Å². The quantitative estimate of drug-likeness (QED) is 0.693. The highest BCUT2D eigenvalue weighted by Crippen LogP contribution is 2.24. The molecule has 1 atom stereocenters. The molecule has 0 aliphatic carbocycles. The minimum Gasteiger partial charge on any atom is -0.381 e. The van der Waals surface area contributed by atoms with E-state index in [0.717, 1.165) is 25.7 Å². The van der Waals surface area contributed by atoms with Gasteiger partial charge in [-0.25, -0.2) is 22.1 Å². The first-order valence-corrected chi connectivity index (χ1v) is 11.9. The number of aromatic nitrogens is 1. The van der Waals surface area contributed by atoms with E-state index in [1.807, 2.05) is 0 Å². The lowest BCUT2D eigenvalue weighted by Gasteiger charge is -2.43. The van der Waals surface area contributed by atoms with Crippen LogP contribution in [-0.2, 0) is 14.8 Å². The molecule has 10 heteroatoms. The second-order valence-corrected chi connectivity index (χ2v) is 9.57. The molecule has 1 unspecified atom stereocenters. The molecule has 2 aliphatic heterocycles. The molecule has 29 heavy (non-hydrogen) atoms. The topological polar surface area (TPSA) is 91.8 Å². The lowest BCUT2D eigenvalue weighted by molar-refractivity contribution is 0.00672. The number of hydrogen-bond acceptors (Lipinski definition) is 6. The lowest BCUT2D eigenvalue weighted by atomic mass is 9.99. The zero-order valence-electron chi connectivity index (χ0n) is 16.7. The van der Waals surface area contributed by atoms with Crippen molar-refractivity contribution in [3.05, 3.63) is 29.8 Å². The van der Waals surface area contributed by atoms with Gasteiger partial charge in [0.05, 0.1) is 6.26 Å². The molecule has 0 saturated carbocycles. The van der Waals surface area contributed by atoms with E-state index in [0.29, 0.717) is 39.4 Å². The minimum atomic E-state index is -3.24. The Morgan fingerprint density at radius 2 is 2.10 bits per heavy atom. The summed E-state index contributed by atoms with van der Waals surface area (Å²) in [6.45, 7) is 3.25. The predicted octanol–water partition coefficient (Wildman–Crippen LogP) is 0.856. The molecule has 0 spiro atoms. The van der Waals surface area contributed by atoms with E-state index >= 15 is 0 Å². The Morgan fingerprint density at radius 1 is 1.34 bits per heavy atom. The van der Waals surface area contributed by atoms with Crippen LogP contribution in [0, 0.1) is 5.82 Å². The van der Waals surface area contributed by atoms with Crippen LogP contribution in [0.5, 0.6) is 0 Å². The van der Waals surface area contributed by atoms with Crippen LogP contribution in [0.2, 0.25) is 0 Å². The largest absolute Gasteiger partial charge is 0.381 e. The predicted molar refractivity (Wildman–Crippen MR) is 107 cm³/mol. The van der Waals surface area contributed by atoms with Crippen molar-refractivity contribution in [3.63, 3.8) is 0 Å². The molecule has 1 amide bonds. The number of nitrogens with one attached hydrogen (secondary N) is 1. The molecule has 0 bridgehead atoms. The first kappa shape index (κ1) is 22.1. The molecule has 1 N–H and O–H groups in total. The van der Waals surface area contributed by atoms with Crippen molar-refractivity contribution in [3.8, 4) is 0 Å². The highest BCUT2D eigenvalue weighted by atomic mass is 32.2. The van der Waals surface area contributed by atoms with Crippen LogP contribution >= 0.6 is 0 Å². The summed E-state index contributed by atoms with van der Waals surface area (Å²) in [6.07, 6.45) is 6.09. The fourth-order valence-corrected chi connectivity index (χ4v) is 5.01. The number of sulfonamides is 1. The van der Waals surface area contributed by atoms with Gasteiger partial charge in [-0.3, -0.25) is 9.69 Å². The maximum absolute atomic E-state index is 13.8. The van der Waals surface area contributed by atoms with Crippen molar-refractivity contribution in [1.29, 1.82) is 0 Å². The van der Waals surface area contributed by atoms with E-state index in [9.17, 15) is 17.6 Å². The smallest absolute Gasteiger partial charge is 0.272 e. The first-order chi connectivity index (χ1) is 13.9. The Morgan fingerprint density at radius 3 is 2.79 bits per heavy atom. The summed E-state index contributed by atoms with van der Waals surface area (Å²) in [5, 5.41) is 2.74. The van der Waals surface area contributed by atoms with Crippen LogP contribution in [0.4, 0.5) is 4.39 Å². The molecular formula is C19H29FN4O4S. The van der Waals surface area contributed by atoms with E-state index < -0.39 is 21.7 Å². The molecule has 1 aromatic rings. The van der Waals surface area contributed by atoms with Crippen molar-refractivity contribution < 1.29 is 22.3 Å². The normalized spacial score (nSPS) is 22.0. The molecule has 162 valence electrons. The summed E-state index contributed by atoms with van der Waals surface area (Å²) in [5.41, 5.74) is -0.217. The average Bonchev–Trinajstić information content (AvgIpc) is 2.71. The number of hydrogen-bond donors (Lipinski definition) is 1. The van der Waals surface area contributed by atoms with Crippen LogP contribution < -0.4 is 5.32 Å². The number of rotatable bonds is 7. The molecule has 2 saturated heterocycles. The Bertz CT molecular complexity index is 801. The molecule has 8 nitrogen and oxygen atoms in total. The molecule has 2 aliphatic rings. The van der Waals surface area contributed by atoms with Gasteiger partial charge in [0.1, 0.15) is 0 Å². The third kappa shape index (κ3) is 5.94. The van der Waals surface area contributed by atoms with E-state index in [4.69, 9.17) is 4.74 Å². The lowest BCUT2D eigenvalue weighted by Crippen LogP contribution is -2.55. The minimum absolute atomic E-state index is 0.0880. The Hall–Kier alpha value is -1.62. The van der Waals surface area contributed by atoms with Gasteiger partial charge < -0.3 is 10.1 Å². The maximum atomic E-state index is 13.8. The first-order valence-electron chi connectivity index (χ1n) is 10.0. The van der Waals surface area contributed by atoms with Gasteiger partial charge in [0, 0.05) is 57.7 Å². The fraction of sp³-hybridized carbons (Fsp3) is 0.684. The van der Waals surface area contributed by atoms with Crippen molar-refractivity contribution in [2.75, 3.05) is 45.6 Å². The standard InChI is InChI=1S/C19H29FN4O4S/c1-29(26,27)23-10-3-4-16(14-23)24(15-6-12-28-13-7-15)11-9-22-19(25)18-17(20)5-2-8-21-18/h2,5,8,15-16H,3-4,6-7,9-14H2,1H3,(H,22,25). The van der Waals surface area contributed by atoms with Crippen molar-refractivity contribution in [2.24, 2.45) is 0 Å². The Balaban J connectivity index is 1.64. The van der Waals surface area contributed by atoms with Gasteiger partial charge in [-0.15, -0.1) is 0 Å². The summed E-state index contributed by atoms with van der Waals surface area (Å²) in [7, 11) is -3.24. The average molecular weight is 429 g/mol. The van der Waals surface area contributed by atoms with Crippen LogP contribution in [-0.4, -0.2) is 86.2 Å². The van der Waals surface area contributed by atoms with E-state index in [-0.39, 0.29) is 17.8 Å². The van der Waals surface area contributed by atoms with Gasteiger partial charge >= 0.3 is 0 Å². The fourth-order valence-electron chi connectivity index (χ4n) is 4.11. The Labute approximate surface area is 171 Å². The van der Waals surface area contributed by atoms with Gasteiger partial charge in [-0.1, -0.05) is 0 Å². The highest BCUT2D eigenvalue weighted by Gasteiger charge is 2.33. The molecule has 3 rings (SSSR count). The number of carbonyl (C=O) groups excluding carboxylic acids is 1. The number of ether oxygens (including phenoxy) is 1. The summed E-state index contributed by atoms with van der Waals surface area (Å²) in [5.74, 6) is -1.20. The van der Waals surface area contributed by atoms with Crippen LogP contribution in [0.3, 0.4) is 0 Å². The molecule has 0 aromatic carbocycles. The molecule has 2 fully saturated rings. The second kappa shape index (κ2) is 9.92. The number of piperidine rings is 1. The van der Waals surface area contributed by atoms with Crippen LogP contribution in [0.1, 0.15) is 36.2 Å². The number of halogens is 1. The van der Waals surface area contributed by atoms with E-state index in [1.165, 1.54) is 28.9 Å². The van der Waals surface area contributed by atoms with Crippen LogP contribution in [0.25, 0.3) is 0 Å². The number of nitrogens with zero attached hydrogens (tertiary/aromatic N) is 3. The molecule has 0 radical (unpaired) electrons. The van der Waals surface area contributed by atoms with Crippen molar-refractivity contribution >= 4 is 15.9 Å². The van der Waals surface area contributed by atoms with Crippen LogP contribution in [0.15, 0.2) is 18.3 Å². The summed E-state index contributed by atoms with van der Waals surface area (Å²) >= 11 is 0. The van der Waals surface area contributed by atoms with Gasteiger partial charge in [0.25, 0.3) is 5.91 Å².